The van der Waals surface area contributed by atoms with E-state index in [0.717, 1.165) is 0 Å². The van der Waals surface area contributed by atoms with E-state index in [1.807, 2.05) is 0 Å². The first-order chi connectivity index (χ1) is 7.92. The second-order valence-corrected chi connectivity index (χ2v) is 6.94. The number of hydrogen-bond donors (Lipinski definition) is 1. The van der Waals surface area contributed by atoms with Gasteiger partial charge in [-0.15, -0.1) is 0 Å². The first-order valence-electron chi connectivity index (χ1n) is 5.45. The van der Waals surface area contributed by atoms with Gasteiger partial charge in [0, 0.05) is 27.4 Å². The van der Waals surface area contributed by atoms with E-state index in [1.54, 1.807) is 6.92 Å². The summed E-state index contributed by atoms with van der Waals surface area (Å²) in [4.78, 5) is 11.4. The molecular weight excluding hydrogens is 240 g/mol. The highest BCUT2D eigenvalue weighted by atomic mass is 28.4. The molecule has 0 rings (SSSR count). The SMILES string of the molecule is C=C(C)C(=O)C(O)CCC[Si](OC)(OC)OC. The lowest BCUT2D eigenvalue weighted by atomic mass is 10.1. The molecule has 0 saturated carbocycles. The summed E-state index contributed by atoms with van der Waals surface area (Å²) in [6.45, 7) is 5.09. The lowest BCUT2D eigenvalue weighted by Gasteiger charge is -2.24. The van der Waals surface area contributed by atoms with Crippen molar-refractivity contribution in [3.05, 3.63) is 12.2 Å². The largest absolute Gasteiger partial charge is 0.500 e. The maximum atomic E-state index is 11.4. The molecule has 0 spiro atoms. The molecular formula is C11H22O5Si. The zero-order chi connectivity index (χ0) is 13.5. The molecule has 0 saturated heterocycles. The molecule has 0 bridgehead atoms. The molecule has 1 atom stereocenters. The Morgan fingerprint density at radius 1 is 1.29 bits per heavy atom. The Hall–Kier alpha value is -0.533. The third-order valence-corrected chi connectivity index (χ3v) is 5.45. The minimum atomic E-state index is -2.59. The molecule has 0 radical (unpaired) electrons. The van der Waals surface area contributed by atoms with E-state index in [1.165, 1.54) is 21.3 Å². The highest BCUT2D eigenvalue weighted by molar-refractivity contribution is 6.60. The van der Waals surface area contributed by atoms with Crippen molar-refractivity contribution in [3.63, 3.8) is 0 Å². The Labute approximate surface area is 104 Å². The molecule has 0 aromatic carbocycles. The van der Waals surface area contributed by atoms with E-state index in [4.69, 9.17) is 13.3 Å². The molecule has 5 nitrogen and oxygen atoms in total. The molecule has 0 aromatic rings. The average Bonchev–Trinajstić information content (AvgIpc) is 2.34. The number of ketones is 1. The van der Waals surface area contributed by atoms with Crippen molar-refractivity contribution in [3.8, 4) is 0 Å². The van der Waals surface area contributed by atoms with Crippen molar-refractivity contribution >= 4 is 14.6 Å². The van der Waals surface area contributed by atoms with Gasteiger partial charge in [0.1, 0.15) is 6.10 Å². The fourth-order valence-electron chi connectivity index (χ4n) is 1.48. The Morgan fingerprint density at radius 2 is 1.76 bits per heavy atom. The number of hydrogen-bond acceptors (Lipinski definition) is 5. The van der Waals surface area contributed by atoms with E-state index >= 15 is 0 Å². The molecule has 1 N–H and O–H groups in total. The van der Waals surface area contributed by atoms with Crippen LogP contribution in [0.1, 0.15) is 19.8 Å². The van der Waals surface area contributed by atoms with Crippen LogP contribution in [0.25, 0.3) is 0 Å². The van der Waals surface area contributed by atoms with E-state index in [-0.39, 0.29) is 5.78 Å². The van der Waals surface area contributed by atoms with E-state index in [2.05, 4.69) is 6.58 Å². The van der Waals surface area contributed by atoms with Crippen molar-refractivity contribution in [2.45, 2.75) is 31.9 Å². The topological polar surface area (TPSA) is 65.0 Å². The normalized spacial score (nSPS) is 13.5. The van der Waals surface area contributed by atoms with Crippen molar-refractivity contribution in [2.75, 3.05) is 21.3 Å². The number of aliphatic hydroxyl groups is 1. The quantitative estimate of drug-likeness (QED) is 0.499. The summed E-state index contributed by atoms with van der Waals surface area (Å²) >= 11 is 0. The van der Waals surface area contributed by atoms with Crippen LogP contribution in [0.4, 0.5) is 0 Å². The zero-order valence-electron chi connectivity index (χ0n) is 11.0. The Bertz CT molecular complexity index is 254. The van der Waals surface area contributed by atoms with Crippen molar-refractivity contribution in [2.24, 2.45) is 0 Å². The van der Waals surface area contributed by atoms with Gasteiger partial charge in [-0.05, 0) is 25.3 Å². The summed E-state index contributed by atoms with van der Waals surface area (Å²) in [7, 11) is 2.02. The average molecular weight is 262 g/mol. The van der Waals surface area contributed by atoms with E-state index < -0.39 is 14.9 Å². The van der Waals surface area contributed by atoms with Gasteiger partial charge in [0.15, 0.2) is 5.78 Å². The standard InChI is InChI=1S/C11H22O5Si/c1-9(2)11(13)10(12)7-6-8-17(14-3,15-4)16-5/h10,12H,1,6-8H2,2-5H3. The molecule has 0 aliphatic heterocycles. The van der Waals surface area contributed by atoms with Gasteiger partial charge in [0.25, 0.3) is 0 Å². The zero-order valence-corrected chi connectivity index (χ0v) is 12.0. The van der Waals surface area contributed by atoms with Crippen LogP contribution in [-0.2, 0) is 18.1 Å². The number of rotatable bonds is 9. The minimum absolute atomic E-state index is 0.315. The fourth-order valence-corrected chi connectivity index (χ4v) is 3.23. The summed E-state index contributed by atoms with van der Waals surface area (Å²) in [6, 6.07) is 0.566. The molecule has 100 valence electrons. The first-order valence-corrected chi connectivity index (χ1v) is 7.39. The van der Waals surface area contributed by atoms with E-state index in [9.17, 15) is 9.90 Å². The third-order valence-electron chi connectivity index (χ3n) is 2.62. The predicted octanol–water partition coefficient (Wildman–Crippen LogP) is 1.15. The number of carbonyl (C=O) groups excluding carboxylic acids is 1. The van der Waals surface area contributed by atoms with Crippen LogP contribution < -0.4 is 0 Å². The molecule has 0 amide bonds. The highest BCUT2D eigenvalue weighted by Crippen LogP contribution is 2.17. The smallest absolute Gasteiger partial charge is 0.385 e. The van der Waals surface area contributed by atoms with Crippen molar-refractivity contribution in [1.29, 1.82) is 0 Å². The van der Waals surface area contributed by atoms with Crippen LogP contribution >= 0.6 is 0 Å². The summed E-state index contributed by atoms with van der Waals surface area (Å²) in [6.07, 6.45) is -0.0388. The van der Waals surface area contributed by atoms with Crippen LogP contribution in [0.5, 0.6) is 0 Å². The van der Waals surface area contributed by atoms with Crippen LogP contribution in [0.2, 0.25) is 6.04 Å². The van der Waals surface area contributed by atoms with Crippen molar-refractivity contribution < 1.29 is 23.2 Å². The van der Waals surface area contributed by atoms with Crippen LogP contribution in [0.3, 0.4) is 0 Å². The van der Waals surface area contributed by atoms with Gasteiger partial charge in [0.2, 0.25) is 0 Å². The number of aliphatic hydroxyl groups excluding tert-OH is 1. The maximum Gasteiger partial charge on any atom is 0.500 e. The lowest BCUT2D eigenvalue weighted by molar-refractivity contribution is -0.123. The Kier molecular flexibility index (Phi) is 7.49. The summed E-state index contributed by atoms with van der Waals surface area (Å²) in [5, 5.41) is 9.59. The van der Waals surface area contributed by atoms with Crippen LogP contribution in [-0.4, -0.2) is 47.1 Å². The van der Waals surface area contributed by atoms with Gasteiger partial charge in [-0.1, -0.05) is 6.58 Å². The summed E-state index contributed by atoms with van der Waals surface area (Å²) in [5.74, 6) is -0.315. The van der Waals surface area contributed by atoms with Gasteiger partial charge >= 0.3 is 8.80 Å². The van der Waals surface area contributed by atoms with Gasteiger partial charge in [-0.2, -0.15) is 0 Å². The first kappa shape index (κ1) is 16.5. The molecule has 0 aliphatic rings. The molecule has 0 fully saturated rings. The Balaban J connectivity index is 4.13. The van der Waals surface area contributed by atoms with Gasteiger partial charge in [0.05, 0.1) is 0 Å². The van der Waals surface area contributed by atoms with E-state index in [0.29, 0.717) is 24.5 Å². The second kappa shape index (κ2) is 7.73. The highest BCUT2D eigenvalue weighted by Gasteiger charge is 2.37. The van der Waals surface area contributed by atoms with Gasteiger partial charge < -0.3 is 18.4 Å². The lowest BCUT2D eigenvalue weighted by Crippen LogP contribution is -2.42. The third kappa shape index (κ3) is 5.09. The fraction of sp³-hybridized carbons (Fsp3) is 0.727. The van der Waals surface area contributed by atoms with Crippen LogP contribution in [0.15, 0.2) is 12.2 Å². The molecule has 1 unspecified atom stereocenters. The second-order valence-electron chi connectivity index (χ2n) is 3.85. The summed E-state index contributed by atoms with van der Waals surface area (Å²) in [5.41, 5.74) is 0.367. The summed E-state index contributed by atoms with van der Waals surface area (Å²) < 4.78 is 15.7. The molecule has 0 aliphatic carbocycles. The predicted molar refractivity (Wildman–Crippen MR) is 66.6 cm³/mol. The number of carbonyl (C=O) groups is 1. The van der Waals surface area contributed by atoms with Crippen molar-refractivity contribution in [1.82, 2.24) is 0 Å². The maximum absolute atomic E-state index is 11.4. The molecule has 0 heterocycles. The minimum Gasteiger partial charge on any atom is -0.385 e. The molecule has 17 heavy (non-hydrogen) atoms. The molecule has 0 aromatic heterocycles. The van der Waals surface area contributed by atoms with Gasteiger partial charge in [-0.25, -0.2) is 0 Å². The van der Waals surface area contributed by atoms with Crippen LogP contribution in [0, 0.1) is 0 Å². The monoisotopic (exact) mass is 262 g/mol. The Morgan fingerprint density at radius 3 is 2.12 bits per heavy atom. The molecule has 6 heteroatoms. The van der Waals surface area contributed by atoms with Gasteiger partial charge in [-0.3, -0.25) is 4.79 Å². The number of Topliss-reactive ketones (excluding diaryl/α,β-unsaturated/α-hetero) is 1.